The van der Waals surface area contributed by atoms with Crippen LogP contribution in [0.4, 0.5) is 0 Å². The second-order valence-electron chi connectivity index (χ2n) is 8.19. The van der Waals surface area contributed by atoms with Gasteiger partial charge in [0.05, 0.1) is 12.4 Å². The minimum atomic E-state index is 0.0423. The molecule has 1 aliphatic rings. The summed E-state index contributed by atoms with van der Waals surface area (Å²) in [6, 6.07) is 6.13. The van der Waals surface area contributed by atoms with E-state index in [1.165, 1.54) is 31.0 Å². The van der Waals surface area contributed by atoms with E-state index in [4.69, 9.17) is 9.47 Å². The summed E-state index contributed by atoms with van der Waals surface area (Å²) in [4.78, 5) is 12.5. The second-order valence-corrected chi connectivity index (χ2v) is 9.14. The minimum Gasteiger partial charge on any atom is -0.490 e. The number of rotatable bonds is 11. The second kappa shape index (κ2) is 11.9. The maximum absolute atomic E-state index is 12.5. The van der Waals surface area contributed by atoms with Gasteiger partial charge in [-0.2, -0.15) is 0 Å². The largest absolute Gasteiger partial charge is 0.490 e. The predicted molar refractivity (Wildman–Crippen MR) is 127 cm³/mol. The average Bonchev–Trinajstić information content (AvgIpc) is 3.15. The minimum absolute atomic E-state index is 0.0423. The van der Waals surface area contributed by atoms with Crippen LogP contribution in [0.3, 0.4) is 0 Å². The van der Waals surface area contributed by atoms with Gasteiger partial charge in [-0.1, -0.05) is 43.7 Å². The van der Waals surface area contributed by atoms with E-state index in [1.807, 2.05) is 36.6 Å². The molecule has 1 aliphatic carbocycles. The highest BCUT2D eigenvalue weighted by Gasteiger charge is 2.23. The fraction of sp³-hybridized carbons (Fsp3) is 0.542. The summed E-state index contributed by atoms with van der Waals surface area (Å²) < 4.78 is 13.6. The third-order valence-electron chi connectivity index (χ3n) is 5.65. The number of thioether (sulfide) groups is 1. The van der Waals surface area contributed by atoms with Crippen molar-refractivity contribution in [2.45, 2.75) is 70.8 Å². The van der Waals surface area contributed by atoms with Crippen LogP contribution in [-0.2, 0) is 17.9 Å². The zero-order chi connectivity index (χ0) is 22.9. The number of carbonyl (C=O) groups is 1. The van der Waals surface area contributed by atoms with E-state index in [2.05, 4.69) is 29.0 Å². The smallest absolute Gasteiger partial charge is 0.230 e. The van der Waals surface area contributed by atoms with Crippen LogP contribution in [0.5, 0.6) is 11.5 Å². The zero-order valence-electron chi connectivity index (χ0n) is 19.3. The molecule has 8 heteroatoms. The van der Waals surface area contributed by atoms with Gasteiger partial charge in [-0.3, -0.25) is 9.36 Å². The van der Waals surface area contributed by atoms with Crippen LogP contribution < -0.4 is 14.8 Å². The molecule has 1 aromatic heterocycles. The van der Waals surface area contributed by atoms with Gasteiger partial charge in [-0.05, 0) is 50.3 Å². The molecule has 1 amide bonds. The molecule has 1 heterocycles. The maximum Gasteiger partial charge on any atom is 0.230 e. The molecule has 2 atom stereocenters. The summed E-state index contributed by atoms with van der Waals surface area (Å²) in [5.41, 5.74) is 1.11. The zero-order valence-corrected chi connectivity index (χ0v) is 20.1. The Labute approximate surface area is 195 Å². The molecule has 0 spiro atoms. The molecule has 1 N–H and O–H groups in total. The van der Waals surface area contributed by atoms with Crippen LogP contribution in [0, 0.1) is 12.8 Å². The van der Waals surface area contributed by atoms with Crippen LogP contribution in [0.15, 0.2) is 36.0 Å². The fourth-order valence-electron chi connectivity index (χ4n) is 3.90. The molecule has 7 nitrogen and oxygen atoms in total. The monoisotopic (exact) mass is 458 g/mol. The van der Waals surface area contributed by atoms with Crippen LogP contribution in [0.25, 0.3) is 0 Å². The first-order chi connectivity index (χ1) is 15.5. The average molecular weight is 459 g/mol. The Kier molecular flexibility index (Phi) is 9.02. The molecule has 32 heavy (non-hydrogen) atoms. The number of hydrogen-bond donors (Lipinski definition) is 1. The lowest BCUT2D eigenvalue weighted by Crippen LogP contribution is -2.41. The van der Waals surface area contributed by atoms with Crippen molar-refractivity contribution in [3.63, 3.8) is 0 Å². The number of hydrogen-bond acceptors (Lipinski definition) is 6. The van der Waals surface area contributed by atoms with Gasteiger partial charge >= 0.3 is 0 Å². The number of aromatic nitrogens is 3. The normalized spacial score (nSPS) is 18.2. The predicted octanol–water partition coefficient (Wildman–Crippen LogP) is 4.54. The quantitative estimate of drug-likeness (QED) is 0.394. The van der Waals surface area contributed by atoms with Crippen LogP contribution in [0.1, 0.15) is 50.9 Å². The van der Waals surface area contributed by atoms with Crippen molar-refractivity contribution in [2.24, 2.45) is 5.92 Å². The van der Waals surface area contributed by atoms with Crippen molar-refractivity contribution < 1.29 is 14.3 Å². The lowest BCUT2D eigenvalue weighted by Gasteiger charge is -2.29. The number of aryl methyl sites for hydroxylation is 1. The molecule has 0 aliphatic heterocycles. The first-order valence-electron chi connectivity index (χ1n) is 11.3. The van der Waals surface area contributed by atoms with Gasteiger partial charge in [-0.25, -0.2) is 0 Å². The fourth-order valence-corrected chi connectivity index (χ4v) is 4.68. The van der Waals surface area contributed by atoms with E-state index in [0.29, 0.717) is 47.3 Å². The molecule has 174 valence electrons. The SMILES string of the molecule is C=CCn1c(COc2ccc(C)cc2OCC)nnc1SCC(=O)N[C@@H]1CCCC[C@H]1C. The van der Waals surface area contributed by atoms with Crippen molar-refractivity contribution in [3.05, 3.63) is 42.2 Å². The summed E-state index contributed by atoms with van der Waals surface area (Å²) in [5, 5.41) is 12.5. The molecule has 1 saturated carbocycles. The number of allylic oxidation sites excluding steroid dienone is 1. The van der Waals surface area contributed by atoms with E-state index < -0.39 is 0 Å². The summed E-state index contributed by atoms with van der Waals surface area (Å²) in [7, 11) is 0. The van der Waals surface area contributed by atoms with Gasteiger partial charge in [0, 0.05) is 12.6 Å². The molecule has 1 aromatic carbocycles. The van der Waals surface area contributed by atoms with E-state index in [1.54, 1.807) is 6.08 Å². The van der Waals surface area contributed by atoms with Crippen molar-refractivity contribution in [2.75, 3.05) is 12.4 Å². The van der Waals surface area contributed by atoms with Crippen molar-refractivity contribution in [1.82, 2.24) is 20.1 Å². The van der Waals surface area contributed by atoms with Gasteiger partial charge < -0.3 is 14.8 Å². The van der Waals surface area contributed by atoms with Gasteiger partial charge in [0.25, 0.3) is 0 Å². The first-order valence-corrected chi connectivity index (χ1v) is 12.3. The Bertz CT molecular complexity index is 915. The van der Waals surface area contributed by atoms with Crippen molar-refractivity contribution >= 4 is 17.7 Å². The third-order valence-corrected chi connectivity index (χ3v) is 6.62. The summed E-state index contributed by atoms with van der Waals surface area (Å²) >= 11 is 1.39. The van der Waals surface area contributed by atoms with Gasteiger partial charge in [-0.15, -0.1) is 16.8 Å². The highest BCUT2D eigenvalue weighted by molar-refractivity contribution is 7.99. The van der Waals surface area contributed by atoms with Crippen molar-refractivity contribution in [1.29, 1.82) is 0 Å². The lowest BCUT2D eigenvalue weighted by atomic mass is 9.86. The van der Waals surface area contributed by atoms with E-state index in [9.17, 15) is 4.79 Å². The van der Waals surface area contributed by atoms with E-state index in [-0.39, 0.29) is 18.6 Å². The van der Waals surface area contributed by atoms with Crippen LogP contribution >= 0.6 is 11.8 Å². The highest BCUT2D eigenvalue weighted by Crippen LogP contribution is 2.29. The van der Waals surface area contributed by atoms with Gasteiger partial charge in [0.2, 0.25) is 5.91 Å². The number of benzene rings is 1. The number of ether oxygens (including phenoxy) is 2. The maximum atomic E-state index is 12.5. The summed E-state index contributed by atoms with van der Waals surface area (Å²) in [6.07, 6.45) is 6.48. The van der Waals surface area contributed by atoms with E-state index in [0.717, 1.165) is 12.0 Å². The van der Waals surface area contributed by atoms with Crippen molar-refractivity contribution in [3.8, 4) is 11.5 Å². The van der Waals surface area contributed by atoms with E-state index >= 15 is 0 Å². The number of carbonyl (C=O) groups excluding carboxylic acids is 1. The van der Waals surface area contributed by atoms with Gasteiger partial charge in [0.1, 0.15) is 6.61 Å². The Morgan fingerprint density at radius 2 is 2.09 bits per heavy atom. The first kappa shape index (κ1) is 24.2. The van der Waals surface area contributed by atoms with Gasteiger partial charge in [0.15, 0.2) is 22.5 Å². The summed E-state index contributed by atoms with van der Waals surface area (Å²) in [5.74, 6) is 2.95. The number of amides is 1. The molecule has 0 radical (unpaired) electrons. The molecule has 2 aromatic rings. The molecule has 0 unspecified atom stereocenters. The number of nitrogens with one attached hydrogen (secondary N) is 1. The number of nitrogens with zero attached hydrogens (tertiary/aromatic N) is 3. The summed E-state index contributed by atoms with van der Waals surface area (Å²) in [6.45, 7) is 11.4. The molecule has 0 bridgehead atoms. The third kappa shape index (κ3) is 6.51. The molecule has 1 fully saturated rings. The molecular weight excluding hydrogens is 424 g/mol. The topological polar surface area (TPSA) is 78.3 Å². The van der Waals surface area contributed by atoms with Crippen LogP contribution in [-0.4, -0.2) is 39.1 Å². The highest BCUT2D eigenvalue weighted by atomic mass is 32.2. The Morgan fingerprint density at radius 1 is 1.28 bits per heavy atom. The lowest BCUT2D eigenvalue weighted by molar-refractivity contribution is -0.119. The standard InChI is InChI=1S/C24H34N4O3S/c1-5-13-28-22(15-31-20-12-11-17(3)14-21(20)30-6-2)26-27-24(28)32-16-23(29)25-19-10-8-7-9-18(19)4/h5,11-12,14,18-19H,1,6-10,13,15-16H2,2-4H3,(H,25,29)/t18-,19-/m1/s1. The molecule has 3 rings (SSSR count). The van der Waals surface area contributed by atoms with Crippen LogP contribution in [0.2, 0.25) is 0 Å². The Morgan fingerprint density at radius 3 is 2.84 bits per heavy atom. The molecular formula is C24H34N4O3S. The Balaban J connectivity index is 1.61. The molecule has 0 saturated heterocycles. The Hall–Kier alpha value is -2.48.